The first-order chi connectivity index (χ1) is 12.8. The Hall–Kier alpha value is -2.69. The highest BCUT2D eigenvalue weighted by molar-refractivity contribution is 5.95. The van der Waals surface area contributed by atoms with Gasteiger partial charge >= 0.3 is 11.9 Å². The average Bonchev–Trinajstić information content (AvgIpc) is 3.28. The van der Waals surface area contributed by atoms with E-state index < -0.39 is 60.8 Å². The van der Waals surface area contributed by atoms with Gasteiger partial charge in [0.2, 0.25) is 17.7 Å². The predicted octanol–water partition coefficient (Wildman–Crippen LogP) is -2.03. The van der Waals surface area contributed by atoms with Crippen LogP contribution in [-0.2, 0) is 24.0 Å². The zero-order chi connectivity index (χ0) is 20.1. The largest absolute Gasteiger partial charge is 0.481 e. The molecule has 5 N–H and O–H groups in total. The van der Waals surface area contributed by atoms with Gasteiger partial charge in [0.15, 0.2) is 0 Å². The second-order valence-electron chi connectivity index (χ2n) is 6.64. The summed E-state index contributed by atoms with van der Waals surface area (Å²) in [4.78, 5) is 62.1. The van der Waals surface area contributed by atoms with Gasteiger partial charge in [0.25, 0.3) is 0 Å². The van der Waals surface area contributed by atoms with Gasteiger partial charge in [0.05, 0.1) is 13.0 Å². The van der Waals surface area contributed by atoms with Gasteiger partial charge in [0, 0.05) is 13.1 Å². The topological polar surface area (TPSA) is 170 Å². The summed E-state index contributed by atoms with van der Waals surface area (Å²) in [5, 5.41) is 20.6. The summed E-state index contributed by atoms with van der Waals surface area (Å²) in [7, 11) is 0. The van der Waals surface area contributed by atoms with E-state index in [0.717, 1.165) is 0 Å². The van der Waals surface area contributed by atoms with Crippen LogP contribution in [-0.4, -0.2) is 87.4 Å². The average molecular weight is 384 g/mol. The zero-order valence-corrected chi connectivity index (χ0v) is 14.8. The summed E-state index contributed by atoms with van der Waals surface area (Å²) in [5.74, 6) is -4.18. The summed E-state index contributed by atoms with van der Waals surface area (Å²) in [6.07, 6.45) is 1.17. The molecule has 2 heterocycles. The standard InChI is InChI=1S/C16H24N4O7/c17-8-12(21)18-9(7-13(22)23)14(24)19-5-1-3-10(19)15(25)20-6-2-4-11(20)16(26)27/h9-11H,1-8,17H2,(H,18,21)(H,22,23)(H,26,27). The number of nitrogens with one attached hydrogen (secondary N) is 1. The van der Waals surface area contributed by atoms with Crippen LogP contribution in [0.4, 0.5) is 0 Å². The Kier molecular flexibility index (Phi) is 6.72. The molecule has 2 saturated heterocycles. The number of likely N-dealkylation sites (tertiary alicyclic amines) is 2. The fourth-order valence-electron chi connectivity index (χ4n) is 3.59. The number of nitrogens with zero attached hydrogens (tertiary/aromatic N) is 2. The number of carboxylic acid groups (broad SMARTS) is 2. The Balaban J connectivity index is 2.15. The van der Waals surface area contributed by atoms with Crippen molar-refractivity contribution in [3.05, 3.63) is 0 Å². The zero-order valence-electron chi connectivity index (χ0n) is 14.8. The van der Waals surface area contributed by atoms with E-state index in [9.17, 15) is 29.1 Å². The third-order valence-corrected chi connectivity index (χ3v) is 4.84. The maximum Gasteiger partial charge on any atom is 0.326 e. The van der Waals surface area contributed by atoms with Crippen molar-refractivity contribution in [2.75, 3.05) is 19.6 Å². The molecular weight excluding hydrogens is 360 g/mol. The molecule has 2 aliphatic rings. The molecule has 0 aromatic rings. The second-order valence-corrected chi connectivity index (χ2v) is 6.64. The van der Waals surface area contributed by atoms with Crippen molar-refractivity contribution in [2.24, 2.45) is 5.73 Å². The maximum absolute atomic E-state index is 12.8. The van der Waals surface area contributed by atoms with Gasteiger partial charge in [-0.1, -0.05) is 0 Å². The molecule has 0 radical (unpaired) electrons. The third kappa shape index (κ3) is 4.73. The molecule has 0 spiro atoms. The van der Waals surface area contributed by atoms with E-state index in [1.807, 2.05) is 0 Å². The van der Waals surface area contributed by atoms with Crippen LogP contribution in [0.5, 0.6) is 0 Å². The molecule has 3 unspecified atom stereocenters. The van der Waals surface area contributed by atoms with Crippen molar-refractivity contribution in [1.82, 2.24) is 15.1 Å². The monoisotopic (exact) mass is 384 g/mol. The summed E-state index contributed by atoms with van der Waals surface area (Å²) in [5.41, 5.74) is 5.21. The molecule has 0 aromatic carbocycles. The molecular formula is C16H24N4O7. The van der Waals surface area contributed by atoms with E-state index >= 15 is 0 Å². The molecule has 2 aliphatic heterocycles. The molecule has 2 fully saturated rings. The van der Waals surface area contributed by atoms with Gasteiger partial charge in [-0.05, 0) is 25.7 Å². The molecule has 0 saturated carbocycles. The molecule has 11 nitrogen and oxygen atoms in total. The fourth-order valence-corrected chi connectivity index (χ4v) is 3.59. The normalized spacial score (nSPS) is 23.1. The highest BCUT2D eigenvalue weighted by Crippen LogP contribution is 2.25. The van der Waals surface area contributed by atoms with E-state index in [-0.39, 0.29) is 6.54 Å². The smallest absolute Gasteiger partial charge is 0.326 e. The Bertz CT molecular complexity index is 638. The van der Waals surface area contributed by atoms with E-state index in [0.29, 0.717) is 32.2 Å². The lowest BCUT2D eigenvalue weighted by molar-refractivity contribution is -0.153. The number of hydrogen-bond donors (Lipinski definition) is 4. The van der Waals surface area contributed by atoms with E-state index in [1.165, 1.54) is 9.80 Å². The van der Waals surface area contributed by atoms with E-state index in [4.69, 9.17) is 10.8 Å². The molecule has 150 valence electrons. The number of nitrogens with two attached hydrogens (primary N) is 1. The molecule has 11 heteroatoms. The van der Waals surface area contributed by atoms with Gasteiger partial charge < -0.3 is 31.1 Å². The highest BCUT2D eigenvalue weighted by Gasteiger charge is 2.43. The van der Waals surface area contributed by atoms with Crippen molar-refractivity contribution in [3.63, 3.8) is 0 Å². The molecule has 2 rings (SSSR count). The van der Waals surface area contributed by atoms with Crippen LogP contribution in [0.25, 0.3) is 0 Å². The number of amides is 3. The molecule has 0 aliphatic carbocycles. The fraction of sp³-hybridized carbons (Fsp3) is 0.688. The first kappa shape index (κ1) is 20.6. The van der Waals surface area contributed by atoms with Gasteiger partial charge in [-0.2, -0.15) is 0 Å². The lowest BCUT2D eigenvalue weighted by Crippen LogP contribution is -2.56. The van der Waals surface area contributed by atoms with Crippen LogP contribution in [0.15, 0.2) is 0 Å². The van der Waals surface area contributed by atoms with Crippen LogP contribution in [0, 0.1) is 0 Å². The Morgan fingerprint density at radius 3 is 2.15 bits per heavy atom. The summed E-state index contributed by atoms with van der Waals surface area (Å²) >= 11 is 0. The van der Waals surface area contributed by atoms with Gasteiger partial charge in [-0.15, -0.1) is 0 Å². The van der Waals surface area contributed by atoms with E-state index in [2.05, 4.69) is 5.32 Å². The maximum atomic E-state index is 12.8. The van der Waals surface area contributed by atoms with Crippen molar-refractivity contribution in [2.45, 2.75) is 50.2 Å². The van der Waals surface area contributed by atoms with Crippen LogP contribution in [0.1, 0.15) is 32.1 Å². The van der Waals surface area contributed by atoms with Crippen LogP contribution < -0.4 is 11.1 Å². The van der Waals surface area contributed by atoms with Crippen molar-refractivity contribution in [3.8, 4) is 0 Å². The minimum absolute atomic E-state index is 0.232. The first-order valence-corrected chi connectivity index (χ1v) is 8.81. The number of rotatable bonds is 7. The molecule has 3 atom stereocenters. The minimum Gasteiger partial charge on any atom is -0.481 e. The number of carboxylic acids is 2. The molecule has 3 amide bonds. The number of aliphatic carboxylic acids is 2. The van der Waals surface area contributed by atoms with Crippen molar-refractivity contribution >= 4 is 29.7 Å². The molecule has 0 aromatic heterocycles. The second kappa shape index (κ2) is 8.80. The van der Waals surface area contributed by atoms with Crippen molar-refractivity contribution < 1.29 is 34.2 Å². The van der Waals surface area contributed by atoms with E-state index in [1.54, 1.807) is 0 Å². The summed E-state index contributed by atoms with van der Waals surface area (Å²) in [6, 6.07) is -3.11. The molecule has 0 bridgehead atoms. The Morgan fingerprint density at radius 2 is 1.59 bits per heavy atom. The summed E-state index contributed by atoms with van der Waals surface area (Å²) < 4.78 is 0. The lowest BCUT2D eigenvalue weighted by atomic mass is 10.1. The predicted molar refractivity (Wildman–Crippen MR) is 90.3 cm³/mol. The molecule has 27 heavy (non-hydrogen) atoms. The van der Waals surface area contributed by atoms with Gasteiger partial charge in [-0.3, -0.25) is 19.2 Å². The van der Waals surface area contributed by atoms with Crippen molar-refractivity contribution in [1.29, 1.82) is 0 Å². The Morgan fingerprint density at radius 1 is 1.00 bits per heavy atom. The Labute approximate surface area is 155 Å². The number of hydrogen-bond acceptors (Lipinski definition) is 6. The number of carbonyl (C=O) groups excluding carboxylic acids is 3. The third-order valence-electron chi connectivity index (χ3n) is 4.84. The first-order valence-electron chi connectivity index (χ1n) is 8.81. The highest BCUT2D eigenvalue weighted by atomic mass is 16.4. The lowest BCUT2D eigenvalue weighted by Gasteiger charge is -2.32. The van der Waals surface area contributed by atoms with Crippen LogP contribution in [0.2, 0.25) is 0 Å². The quantitative estimate of drug-likeness (QED) is 0.389. The van der Waals surface area contributed by atoms with Gasteiger partial charge in [-0.25, -0.2) is 4.79 Å². The van der Waals surface area contributed by atoms with Gasteiger partial charge in [0.1, 0.15) is 18.1 Å². The van der Waals surface area contributed by atoms with Crippen LogP contribution >= 0.6 is 0 Å². The number of carbonyl (C=O) groups is 5. The SMILES string of the molecule is NCC(=O)NC(CC(=O)O)C(=O)N1CCCC1C(=O)N1CCCC1C(=O)O. The van der Waals surface area contributed by atoms with Crippen LogP contribution in [0.3, 0.4) is 0 Å². The minimum atomic E-state index is -1.33. The summed E-state index contributed by atoms with van der Waals surface area (Å²) in [6.45, 7) is 0.131.